The predicted molar refractivity (Wildman–Crippen MR) is 32.4 cm³/mol. The van der Waals surface area contributed by atoms with E-state index in [9.17, 15) is 0 Å². The van der Waals surface area contributed by atoms with E-state index in [0.29, 0.717) is 0 Å². The summed E-state index contributed by atoms with van der Waals surface area (Å²) in [6.07, 6.45) is 2.78. The fourth-order valence-electron chi connectivity index (χ4n) is 0.625. The Kier molecular flexibility index (Phi) is 5.85. The lowest BCUT2D eigenvalue weighted by atomic mass is 10.4. The average molecular weight is 105 g/mol. The number of hydrogen-bond donors (Lipinski definition) is 2. The monoisotopic (exact) mass is 105 g/mol. The van der Waals surface area contributed by atoms with Crippen LogP contribution in [0.15, 0.2) is 0 Å². The van der Waals surface area contributed by atoms with E-state index >= 15 is 0 Å². The molecule has 1 aliphatic heterocycles. The molecule has 0 atom stereocenters. The van der Waals surface area contributed by atoms with Crippen LogP contribution in [0.25, 0.3) is 0 Å². The fourth-order valence-corrected chi connectivity index (χ4v) is 0.625. The second kappa shape index (κ2) is 5.92. The van der Waals surface area contributed by atoms with Gasteiger partial charge in [-0.15, -0.1) is 0 Å². The first kappa shape index (κ1) is 6.92. The second-order valence-electron chi connectivity index (χ2n) is 1.46. The van der Waals surface area contributed by atoms with Gasteiger partial charge in [0.05, 0.1) is 0 Å². The third kappa shape index (κ3) is 3.76. The van der Waals surface area contributed by atoms with Crippen LogP contribution in [0.2, 0.25) is 0 Å². The van der Waals surface area contributed by atoms with E-state index in [1.165, 1.54) is 25.9 Å². The molecule has 0 unspecified atom stereocenters. The Morgan fingerprint density at radius 3 is 1.86 bits per heavy atom. The molecule has 46 valence electrons. The van der Waals surface area contributed by atoms with E-state index in [-0.39, 0.29) is 1.43 Å². The zero-order chi connectivity index (χ0) is 5.54. The van der Waals surface area contributed by atoms with Gasteiger partial charge in [0, 0.05) is 8.54 Å². The zero-order valence-electron chi connectivity index (χ0n) is 4.78. The summed E-state index contributed by atoms with van der Waals surface area (Å²) in [5, 5.41) is 10.2. The highest BCUT2D eigenvalue weighted by Gasteiger charge is 1.93. The zero-order valence-corrected chi connectivity index (χ0v) is 4.78. The van der Waals surface area contributed by atoms with Crippen molar-refractivity contribution in [2.45, 2.75) is 12.8 Å². The molecule has 7 heavy (non-hydrogen) atoms. The molecule has 0 aromatic heterocycles. The van der Waals surface area contributed by atoms with Gasteiger partial charge in [-0.3, -0.25) is 0 Å². The molecule has 0 aliphatic carbocycles. The van der Waals surface area contributed by atoms with Crippen LogP contribution in [0.4, 0.5) is 0 Å². The van der Waals surface area contributed by atoms with Crippen molar-refractivity contribution in [1.82, 2.24) is 5.32 Å². The third-order valence-corrected chi connectivity index (χ3v) is 0.957. The second-order valence-corrected chi connectivity index (χ2v) is 1.46. The van der Waals surface area contributed by atoms with Crippen molar-refractivity contribution in [3.63, 3.8) is 0 Å². The first-order valence-electron chi connectivity index (χ1n) is 2.65. The summed E-state index contributed by atoms with van der Waals surface area (Å²) in [5.74, 6) is 0. The lowest BCUT2D eigenvalue weighted by Gasteiger charge is -1.76. The van der Waals surface area contributed by atoms with Gasteiger partial charge in [-0.25, -0.2) is 0 Å². The molecule has 2 N–H and O–H groups in total. The molecule has 0 spiro atoms. The van der Waals surface area contributed by atoms with Crippen molar-refractivity contribution in [1.29, 1.82) is 0 Å². The van der Waals surface area contributed by atoms with Gasteiger partial charge in [-0.1, -0.05) is 0 Å². The standard InChI is InChI=1S/C4H9N.CH4O.H2/c1-2-4-5-3-1;1-2;/h5H,1-4H2;2H,1H3;1H. The number of nitrogens with one attached hydrogen (secondary N) is 1. The van der Waals surface area contributed by atoms with Crippen LogP contribution in [0.1, 0.15) is 14.3 Å². The highest BCUT2D eigenvalue weighted by atomic mass is 16.2. The topological polar surface area (TPSA) is 32.3 Å². The molecular weight excluding hydrogens is 90.1 g/mol. The molecule has 1 aliphatic rings. The number of aliphatic hydroxyl groups is 1. The van der Waals surface area contributed by atoms with E-state index < -0.39 is 0 Å². The highest BCUT2D eigenvalue weighted by Crippen LogP contribution is 1.90. The molecule has 1 saturated heterocycles. The number of hydrogen-bond acceptors (Lipinski definition) is 2. The minimum absolute atomic E-state index is 0. The van der Waals surface area contributed by atoms with Gasteiger partial charge in [-0.2, -0.15) is 0 Å². The van der Waals surface area contributed by atoms with E-state index in [1.54, 1.807) is 0 Å². The smallest absolute Gasteiger partial charge is 0.0319 e. The van der Waals surface area contributed by atoms with Crippen LogP contribution in [-0.2, 0) is 0 Å². The van der Waals surface area contributed by atoms with E-state index in [2.05, 4.69) is 5.32 Å². The largest absolute Gasteiger partial charge is 0.400 e. The van der Waals surface area contributed by atoms with Crippen molar-refractivity contribution in [2.24, 2.45) is 0 Å². The molecule has 2 heteroatoms. The van der Waals surface area contributed by atoms with Crippen molar-refractivity contribution in [3.8, 4) is 0 Å². The molecule has 1 fully saturated rings. The first-order valence-corrected chi connectivity index (χ1v) is 2.65. The summed E-state index contributed by atoms with van der Waals surface area (Å²) in [4.78, 5) is 0. The van der Waals surface area contributed by atoms with Crippen LogP contribution < -0.4 is 5.32 Å². The minimum atomic E-state index is 0. The van der Waals surface area contributed by atoms with Gasteiger partial charge in [0.1, 0.15) is 0 Å². The van der Waals surface area contributed by atoms with E-state index in [4.69, 9.17) is 5.11 Å². The molecule has 0 amide bonds. The Balaban J connectivity index is 0. The molecule has 0 radical (unpaired) electrons. The van der Waals surface area contributed by atoms with E-state index in [0.717, 1.165) is 7.11 Å². The molecule has 0 saturated carbocycles. The third-order valence-electron chi connectivity index (χ3n) is 0.957. The average Bonchev–Trinajstić information content (AvgIpc) is 2.23. The quantitative estimate of drug-likeness (QED) is 0.462. The highest BCUT2D eigenvalue weighted by molar-refractivity contribution is 4.55. The van der Waals surface area contributed by atoms with Crippen LogP contribution >= 0.6 is 0 Å². The molecule has 1 heterocycles. The Morgan fingerprint density at radius 2 is 1.71 bits per heavy atom. The maximum atomic E-state index is 7.00. The molecule has 0 bridgehead atoms. The van der Waals surface area contributed by atoms with Crippen LogP contribution in [0.5, 0.6) is 0 Å². The van der Waals surface area contributed by atoms with Gasteiger partial charge in [0.25, 0.3) is 0 Å². The van der Waals surface area contributed by atoms with Crippen LogP contribution in [0, 0.1) is 0 Å². The van der Waals surface area contributed by atoms with Crippen molar-refractivity contribution < 1.29 is 6.53 Å². The number of aliphatic hydroxyl groups excluding tert-OH is 1. The Hall–Kier alpha value is -0.0800. The lowest BCUT2D eigenvalue weighted by molar-refractivity contribution is 0.399. The molecule has 2 nitrogen and oxygen atoms in total. The lowest BCUT2D eigenvalue weighted by Crippen LogP contribution is -2.03. The number of rotatable bonds is 0. The molecule has 0 aromatic carbocycles. The van der Waals surface area contributed by atoms with Gasteiger partial charge < -0.3 is 10.4 Å². The Labute approximate surface area is 46.0 Å². The summed E-state index contributed by atoms with van der Waals surface area (Å²) in [5.41, 5.74) is 0. The maximum absolute atomic E-state index is 7.00. The first-order chi connectivity index (χ1) is 3.50. The van der Waals surface area contributed by atoms with Gasteiger partial charge in [-0.05, 0) is 25.9 Å². The van der Waals surface area contributed by atoms with Gasteiger partial charge in [0.2, 0.25) is 0 Å². The fraction of sp³-hybridized carbons (Fsp3) is 1.00. The van der Waals surface area contributed by atoms with Crippen LogP contribution in [0.3, 0.4) is 0 Å². The molecule has 1 rings (SSSR count). The molecular formula is C5H15NO. The summed E-state index contributed by atoms with van der Waals surface area (Å²) >= 11 is 0. The summed E-state index contributed by atoms with van der Waals surface area (Å²) < 4.78 is 0. The molecule has 0 aromatic rings. The SMILES string of the molecule is C1CCNC1.CO.[HH]. The van der Waals surface area contributed by atoms with Gasteiger partial charge >= 0.3 is 0 Å². The predicted octanol–water partition coefficient (Wildman–Crippen LogP) is 0.224. The van der Waals surface area contributed by atoms with Crippen molar-refractivity contribution >= 4 is 0 Å². The minimum Gasteiger partial charge on any atom is -0.400 e. The summed E-state index contributed by atoms with van der Waals surface area (Å²) in [7, 11) is 1.00. The Morgan fingerprint density at radius 1 is 1.29 bits per heavy atom. The Bertz CT molecular complexity index is 24.0. The summed E-state index contributed by atoms with van der Waals surface area (Å²) in [6.45, 7) is 2.50. The van der Waals surface area contributed by atoms with Crippen molar-refractivity contribution in [2.75, 3.05) is 20.2 Å². The normalized spacial score (nSPS) is 18.0. The summed E-state index contributed by atoms with van der Waals surface area (Å²) in [6, 6.07) is 0. The van der Waals surface area contributed by atoms with Crippen LogP contribution in [-0.4, -0.2) is 25.3 Å². The van der Waals surface area contributed by atoms with Crippen molar-refractivity contribution in [3.05, 3.63) is 0 Å². The van der Waals surface area contributed by atoms with Gasteiger partial charge in [0.15, 0.2) is 0 Å². The van der Waals surface area contributed by atoms with E-state index in [1.807, 2.05) is 0 Å². The maximum Gasteiger partial charge on any atom is 0.0319 e.